The van der Waals surface area contributed by atoms with Gasteiger partial charge in [0.15, 0.2) is 0 Å². The Morgan fingerprint density at radius 1 is 1.05 bits per heavy atom. The number of fused-ring (bicyclic) bond motifs is 1. The maximum absolute atomic E-state index is 12.7. The quantitative estimate of drug-likeness (QED) is 0.729. The number of nitrogen functional groups attached to an aromatic ring is 1. The van der Waals surface area contributed by atoms with Gasteiger partial charge in [0.05, 0.1) is 16.6 Å². The minimum atomic E-state index is -4.41. The van der Waals surface area contributed by atoms with Crippen LogP contribution in [0, 0.1) is 0 Å². The predicted molar refractivity (Wildman–Crippen MR) is 75.5 cm³/mol. The fraction of sp³-hybridized carbons (Fsp3) is 0.0714. The number of anilines is 1. The Labute approximate surface area is 122 Å². The van der Waals surface area contributed by atoms with Crippen LogP contribution in [0.1, 0.15) is 5.56 Å². The zero-order chi connectivity index (χ0) is 15.2. The number of aromatic nitrogens is 2. The fourth-order valence-corrected chi connectivity index (χ4v) is 2.26. The highest BCUT2D eigenvalue weighted by molar-refractivity contribution is 6.30. The molecule has 0 radical (unpaired) electrons. The number of halogens is 4. The second kappa shape index (κ2) is 4.66. The number of hydrogen-bond donors (Lipinski definition) is 1. The van der Waals surface area contributed by atoms with E-state index in [-0.39, 0.29) is 11.5 Å². The Balaban J connectivity index is 2.20. The molecule has 3 rings (SSSR count). The van der Waals surface area contributed by atoms with E-state index in [0.29, 0.717) is 16.2 Å². The van der Waals surface area contributed by atoms with Gasteiger partial charge >= 0.3 is 6.18 Å². The summed E-state index contributed by atoms with van der Waals surface area (Å²) in [5, 5.41) is 0.557. The molecule has 0 aliphatic heterocycles. The smallest absolute Gasteiger partial charge is 0.369 e. The summed E-state index contributed by atoms with van der Waals surface area (Å²) in [5.74, 6) is 0.117. The molecular weight excluding hydrogens is 303 g/mol. The highest BCUT2D eigenvalue weighted by Gasteiger charge is 2.31. The summed E-state index contributed by atoms with van der Waals surface area (Å²) in [6, 6.07) is 10.1. The lowest BCUT2D eigenvalue weighted by molar-refractivity contribution is -0.137. The number of benzene rings is 2. The topological polar surface area (TPSA) is 43.8 Å². The van der Waals surface area contributed by atoms with E-state index in [1.54, 1.807) is 28.8 Å². The van der Waals surface area contributed by atoms with E-state index in [1.807, 2.05) is 0 Å². The lowest BCUT2D eigenvalue weighted by Crippen LogP contribution is -2.04. The molecule has 3 aromatic rings. The zero-order valence-electron chi connectivity index (χ0n) is 10.5. The summed E-state index contributed by atoms with van der Waals surface area (Å²) in [4.78, 5) is 3.99. The maximum Gasteiger partial charge on any atom is 0.416 e. The normalized spacial score (nSPS) is 12.0. The molecule has 1 heterocycles. The van der Waals surface area contributed by atoms with Gasteiger partial charge < -0.3 is 5.73 Å². The van der Waals surface area contributed by atoms with Crippen LogP contribution in [0.15, 0.2) is 42.5 Å². The Bertz CT molecular complexity index is 807. The van der Waals surface area contributed by atoms with E-state index < -0.39 is 11.7 Å². The van der Waals surface area contributed by atoms with Crippen molar-refractivity contribution in [2.24, 2.45) is 0 Å². The molecule has 2 aromatic carbocycles. The van der Waals surface area contributed by atoms with Crippen molar-refractivity contribution in [1.29, 1.82) is 0 Å². The minimum absolute atomic E-state index is 0.117. The van der Waals surface area contributed by atoms with Gasteiger partial charge in [-0.3, -0.25) is 4.57 Å². The number of hydrogen-bond acceptors (Lipinski definition) is 2. The van der Waals surface area contributed by atoms with Gasteiger partial charge in [0.2, 0.25) is 5.95 Å². The molecule has 2 N–H and O–H groups in total. The van der Waals surface area contributed by atoms with Crippen molar-refractivity contribution in [3.05, 3.63) is 53.1 Å². The molecule has 1 aromatic heterocycles. The third kappa shape index (κ3) is 2.42. The molecule has 0 unspecified atom stereocenters. The molecule has 0 atom stereocenters. The number of alkyl halides is 3. The van der Waals surface area contributed by atoms with E-state index in [2.05, 4.69) is 4.98 Å². The zero-order valence-corrected chi connectivity index (χ0v) is 11.3. The lowest BCUT2D eigenvalue weighted by atomic mass is 10.2. The Morgan fingerprint density at radius 2 is 1.71 bits per heavy atom. The number of nitrogens with two attached hydrogens (primary N) is 1. The average Bonchev–Trinajstić information content (AvgIpc) is 2.74. The van der Waals surface area contributed by atoms with Crippen LogP contribution in [-0.4, -0.2) is 9.55 Å². The van der Waals surface area contributed by atoms with Gasteiger partial charge in [-0.05, 0) is 42.5 Å². The number of nitrogens with zero attached hydrogens (tertiary/aromatic N) is 2. The van der Waals surface area contributed by atoms with Gasteiger partial charge in [-0.15, -0.1) is 0 Å². The van der Waals surface area contributed by atoms with Gasteiger partial charge in [-0.25, -0.2) is 4.98 Å². The molecule has 108 valence electrons. The van der Waals surface area contributed by atoms with Gasteiger partial charge in [0.1, 0.15) is 0 Å². The van der Waals surface area contributed by atoms with Crippen molar-refractivity contribution in [3.63, 3.8) is 0 Å². The van der Waals surface area contributed by atoms with E-state index in [4.69, 9.17) is 17.3 Å². The molecule has 0 amide bonds. The monoisotopic (exact) mass is 311 g/mol. The van der Waals surface area contributed by atoms with Gasteiger partial charge in [-0.2, -0.15) is 13.2 Å². The van der Waals surface area contributed by atoms with Crippen molar-refractivity contribution in [1.82, 2.24) is 9.55 Å². The summed E-state index contributed by atoms with van der Waals surface area (Å²) >= 11 is 5.82. The maximum atomic E-state index is 12.7. The summed E-state index contributed by atoms with van der Waals surface area (Å²) < 4.78 is 39.7. The fourth-order valence-electron chi connectivity index (χ4n) is 2.14. The molecule has 0 spiro atoms. The van der Waals surface area contributed by atoms with Crippen LogP contribution in [0.5, 0.6) is 0 Å². The van der Waals surface area contributed by atoms with Gasteiger partial charge in [0.25, 0.3) is 0 Å². The first-order valence-electron chi connectivity index (χ1n) is 5.97. The molecule has 0 saturated heterocycles. The van der Waals surface area contributed by atoms with Crippen molar-refractivity contribution >= 4 is 28.6 Å². The Kier molecular flexibility index (Phi) is 3.06. The first-order valence-corrected chi connectivity index (χ1v) is 6.35. The summed E-state index contributed by atoms with van der Waals surface area (Å²) in [5.41, 5.74) is 6.44. The highest BCUT2D eigenvalue weighted by atomic mass is 35.5. The third-order valence-corrected chi connectivity index (χ3v) is 3.34. The lowest BCUT2D eigenvalue weighted by Gasteiger charge is -2.08. The van der Waals surface area contributed by atoms with E-state index in [1.165, 1.54) is 6.07 Å². The average molecular weight is 312 g/mol. The second-order valence-corrected chi connectivity index (χ2v) is 4.92. The largest absolute Gasteiger partial charge is 0.416 e. The van der Waals surface area contributed by atoms with Gasteiger partial charge in [-0.1, -0.05) is 11.6 Å². The molecule has 0 fully saturated rings. The summed E-state index contributed by atoms with van der Waals surface area (Å²) in [7, 11) is 0. The number of imidazole rings is 1. The molecule has 3 nitrogen and oxygen atoms in total. The molecule has 0 aliphatic rings. The van der Waals surface area contributed by atoms with Crippen molar-refractivity contribution < 1.29 is 13.2 Å². The van der Waals surface area contributed by atoms with Crippen LogP contribution in [0.3, 0.4) is 0 Å². The first-order chi connectivity index (χ1) is 9.86. The minimum Gasteiger partial charge on any atom is -0.369 e. The van der Waals surface area contributed by atoms with Crippen LogP contribution in [0.2, 0.25) is 5.02 Å². The van der Waals surface area contributed by atoms with Crippen LogP contribution in [0.4, 0.5) is 19.1 Å². The van der Waals surface area contributed by atoms with Crippen LogP contribution in [-0.2, 0) is 6.18 Å². The standard InChI is InChI=1S/C14H9ClF3N3/c15-9-2-4-10(5-3-9)21-12-6-1-8(14(16,17)18)7-11(12)20-13(21)19/h1-7H,(H2,19,20). The van der Waals surface area contributed by atoms with Crippen LogP contribution in [0.25, 0.3) is 16.7 Å². The van der Waals surface area contributed by atoms with Crippen LogP contribution >= 0.6 is 11.6 Å². The van der Waals surface area contributed by atoms with Crippen molar-refractivity contribution in [2.75, 3.05) is 5.73 Å². The Morgan fingerprint density at radius 3 is 2.33 bits per heavy atom. The molecule has 21 heavy (non-hydrogen) atoms. The van der Waals surface area contributed by atoms with E-state index in [0.717, 1.165) is 12.1 Å². The van der Waals surface area contributed by atoms with E-state index >= 15 is 0 Å². The molecule has 0 bridgehead atoms. The second-order valence-electron chi connectivity index (χ2n) is 4.48. The Hall–Kier alpha value is -2.21. The van der Waals surface area contributed by atoms with Crippen molar-refractivity contribution in [3.8, 4) is 5.69 Å². The van der Waals surface area contributed by atoms with Gasteiger partial charge in [0, 0.05) is 10.7 Å². The number of rotatable bonds is 1. The molecular formula is C14H9ClF3N3. The van der Waals surface area contributed by atoms with E-state index in [9.17, 15) is 13.2 Å². The van der Waals surface area contributed by atoms with Crippen LogP contribution < -0.4 is 5.73 Å². The molecule has 7 heteroatoms. The summed E-state index contributed by atoms with van der Waals surface area (Å²) in [6.07, 6.45) is -4.41. The molecule has 0 saturated carbocycles. The predicted octanol–water partition coefficient (Wildman–Crippen LogP) is 4.28. The van der Waals surface area contributed by atoms with Crippen molar-refractivity contribution in [2.45, 2.75) is 6.18 Å². The first kappa shape index (κ1) is 13.8. The summed E-state index contributed by atoms with van der Waals surface area (Å²) in [6.45, 7) is 0. The SMILES string of the molecule is Nc1nc2cc(C(F)(F)F)ccc2n1-c1ccc(Cl)cc1. The molecule has 0 aliphatic carbocycles. The third-order valence-electron chi connectivity index (χ3n) is 3.09. The highest BCUT2D eigenvalue weighted by Crippen LogP contribution is 2.32.